The van der Waals surface area contributed by atoms with E-state index in [1.165, 1.54) is 0 Å². The number of nitrogens with zero attached hydrogens (tertiary/aromatic N) is 1. The lowest BCUT2D eigenvalue weighted by atomic mass is 10.2. The molecule has 29 heavy (non-hydrogen) atoms. The van der Waals surface area contributed by atoms with Gasteiger partial charge in [-0.25, -0.2) is 4.98 Å². The van der Waals surface area contributed by atoms with Gasteiger partial charge in [-0.05, 0) is 32.4 Å². The second kappa shape index (κ2) is 9.78. The van der Waals surface area contributed by atoms with Gasteiger partial charge in [-0.2, -0.15) is 0 Å². The first kappa shape index (κ1) is 20.5. The highest BCUT2D eigenvalue weighted by Gasteiger charge is 2.12. The molecule has 6 heteroatoms. The van der Waals surface area contributed by atoms with E-state index in [1.807, 2.05) is 44.2 Å². The van der Waals surface area contributed by atoms with E-state index >= 15 is 0 Å². The highest BCUT2D eigenvalue weighted by molar-refractivity contribution is 5.92. The van der Waals surface area contributed by atoms with Gasteiger partial charge in [0, 0.05) is 24.5 Å². The van der Waals surface area contributed by atoms with Crippen LogP contribution in [0.15, 0.2) is 59.1 Å². The van der Waals surface area contributed by atoms with Crippen molar-refractivity contribution in [1.82, 2.24) is 4.98 Å². The minimum absolute atomic E-state index is 0.00267. The zero-order valence-corrected chi connectivity index (χ0v) is 17.0. The SMILES string of the molecule is COc1ccc(OC(C)C)c(NC(=O)CCCc2ncc(-c3ccccc3)o2)c1. The average molecular weight is 394 g/mol. The summed E-state index contributed by atoms with van der Waals surface area (Å²) in [7, 11) is 1.59. The minimum Gasteiger partial charge on any atom is -0.497 e. The number of aromatic nitrogens is 1. The summed E-state index contributed by atoms with van der Waals surface area (Å²) in [5.41, 5.74) is 1.59. The van der Waals surface area contributed by atoms with Gasteiger partial charge in [0.2, 0.25) is 5.91 Å². The number of anilines is 1. The number of methoxy groups -OCH3 is 1. The summed E-state index contributed by atoms with van der Waals surface area (Å²) < 4.78 is 16.8. The number of hydrogen-bond acceptors (Lipinski definition) is 5. The number of benzene rings is 2. The minimum atomic E-state index is -0.0956. The molecule has 0 unspecified atom stereocenters. The van der Waals surface area contributed by atoms with Crippen molar-refractivity contribution in [2.45, 2.75) is 39.2 Å². The molecule has 0 saturated heterocycles. The first-order chi connectivity index (χ1) is 14.0. The van der Waals surface area contributed by atoms with Crippen LogP contribution in [0, 0.1) is 0 Å². The van der Waals surface area contributed by atoms with E-state index < -0.39 is 0 Å². The van der Waals surface area contributed by atoms with E-state index in [2.05, 4.69) is 10.3 Å². The lowest BCUT2D eigenvalue weighted by Crippen LogP contribution is -2.14. The fourth-order valence-corrected chi connectivity index (χ4v) is 2.87. The molecule has 0 radical (unpaired) electrons. The molecule has 0 atom stereocenters. The Labute approximate surface area is 170 Å². The summed E-state index contributed by atoms with van der Waals surface area (Å²) in [5.74, 6) is 2.54. The van der Waals surface area contributed by atoms with Crippen LogP contribution in [0.3, 0.4) is 0 Å². The zero-order valence-electron chi connectivity index (χ0n) is 17.0. The molecule has 2 aromatic carbocycles. The first-order valence-electron chi connectivity index (χ1n) is 9.70. The van der Waals surface area contributed by atoms with Crippen LogP contribution >= 0.6 is 0 Å². The maximum atomic E-state index is 12.4. The van der Waals surface area contributed by atoms with Crippen LogP contribution in [0.5, 0.6) is 11.5 Å². The van der Waals surface area contributed by atoms with E-state index in [4.69, 9.17) is 13.9 Å². The predicted molar refractivity (Wildman–Crippen MR) is 112 cm³/mol. The van der Waals surface area contributed by atoms with Crippen LogP contribution in [0.2, 0.25) is 0 Å². The van der Waals surface area contributed by atoms with Crippen LogP contribution in [-0.4, -0.2) is 24.1 Å². The number of aryl methyl sites for hydroxylation is 1. The third-order valence-corrected chi connectivity index (χ3v) is 4.23. The Morgan fingerprint density at radius 2 is 1.97 bits per heavy atom. The smallest absolute Gasteiger partial charge is 0.224 e. The van der Waals surface area contributed by atoms with E-state index in [1.54, 1.807) is 31.5 Å². The Morgan fingerprint density at radius 3 is 2.69 bits per heavy atom. The van der Waals surface area contributed by atoms with Gasteiger partial charge in [0.15, 0.2) is 11.7 Å². The monoisotopic (exact) mass is 394 g/mol. The fourth-order valence-electron chi connectivity index (χ4n) is 2.87. The summed E-state index contributed by atoms with van der Waals surface area (Å²) in [5, 5.41) is 2.91. The van der Waals surface area contributed by atoms with Crippen molar-refractivity contribution >= 4 is 11.6 Å². The van der Waals surface area contributed by atoms with Gasteiger partial charge >= 0.3 is 0 Å². The molecule has 1 aromatic heterocycles. The van der Waals surface area contributed by atoms with Crippen molar-refractivity contribution in [3.63, 3.8) is 0 Å². The van der Waals surface area contributed by atoms with Gasteiger partial charge in [0.25, 0.3) is 0 Å². The number of amides is 1. The third kappa shape index (κ3) is 5.85. The molecule has 0 spiro atoms. The molecule has 3 aromatic rings. The number of hydrogen-bond donors (Lipinski definition) is 1. The molecule has 0 bridgehead atoms. The topological polar surface area (TPSA) is 73.6 Å². The van der Waals surface area contributed by atoms with E-state index in [0.717, 1.165) is 11.3 Å². The second-order valence-corrected chi connectivity index (χ2v) is 6.91. The molecule has 0 saturated carbocycles. The van der Waals surface area contributed by atoms with E-state index in [0.29, 0.717) is 42.3 Å². The number of rotatable bonds is 9. The summed E-state index contributed by atoms with van der Waals surface area (Å²) in [4.78, 5) is 16.7. The molecule has 0 aliphatic heterocycles. The Balaban J connectivity index is 1.55. The van der Waals surface area contributed by atoms with Gasteiger partial charge in [-0.3, -0.25) is 4.79 Å². The fraction of sp³-hybridized carbons (Fsp3) is 0.304. The highest BCUT2D eigenvalue weighted by Crippen LogP contribution is 2.30. The molecule has 1 heterocycles. The molecule has 0 aliphatic rings. The summed E-state index contributed by atoms with van der Waals surface area (Å²) in [6, 6.07) is 15.2. The lowest BCUT2D eigenvalue weighted by molar-refractivity contribution is -0.116. The van der Waals surface area contributed by atoms with Crippen LogP contribution in [0.1, 0.15) is 32.6 Å². The molecule has 152 valence electrons. The van der Waals surface area contributed by atoms with Crippen LogP contribution < -0.4 is 14.8 Å². The van der Waals surface area contributed by atoms with E-state index in [-0.39, 0.29) is 12.0 Å². The Kier molecular flexibility index (Phi) is 6.89. The van der Waals surface area contributed by atoms with Crippen LogP contribution in [0.4, 0.5) is 5.69 Å². The molecule has 6 nitrogen and oxygen atoms in total. The van der Waals surface area contributed by atoms with E-state index in [9.17, 15) is 4.79 Å². The quantitative estimate of drug-likeness (QED) is 0.547. The number of carbonyl (C=O) groups excluding carboxylic acids is 1. The number of nitrogens with one attached hydrogen (secondary N) is 1. The van der Waals surface area contributed by atoms with Gasteiger partial charge in [-0.15, -0.1) is 0 Å². The van der Waals surface area contributed by atoms with Crippen molar-refractivity contribution < 1.29 is 18.7 Å². The summed E-state index contributed by atoms with van der Waals surface area (Å²) in [6.07, 6.45) is 3.29. The van der Waals surface area contributed by atoms with Crippen LogP contribution in [-0.2, 0) is 11.2 Å². The first-order valence-corrected chi connectivity index (χ1v) is 9.70. The molecule has 1 amide bonds. The largest absolute Gasteiger partial charge is 0.497 e. The second-order valence-electron chi connectivity index (χ2n) is 6.91. The number of carbonyl (C=O) groups is 1. The standard InChI is InChI=1S/C23H26N2O4/c1-16(2)28-20-13-12-18(27-3)14-19(20)25-22(26)10-7-11-23-24-15-21(29-23)17-8-5-4-6-9-17/h4-6,8-9,12-16H,7,10-11H2,1-3H3,(H,25,26). The molecule has 3 rings (SSSR count). The maximum absolute atomic E-state index is 12.4. The number of oxazole rings is 1. The van der Waals surface area contributed by atoms with Crippen molar-refractivity contribution in [2.75, 3.05) is 12.4 Å². The third-order valence-electron chi connectivity index (χ3n) is 4.23. The van der Waals surface area contributed by atoms with Crippen LogP contribution in [0.25, 0.3) is 11.3 Å². The normalized spacial score (nSPS) is 10.8. The molecular weight excluding hydrogens is 368 g/mol. The highest BCUT2D eigenvalue weighted by atomic mass is 16.5. The molecule has 1 N–H and O–H groups in total. The van der Waals surface area contributed by atoms with Gasteiger partial charge in [-0.1, -0.05) is 30.3 Å². The maximum Gasteiger partial charge on any atom is 0.224 e. The van der Waals surface area contributed by atoms with Gasteiger partial charge in [0.1, 0.15) is 11.5 Å². The predicted octanol–water partition coefficient (Wildman–Crippen LogP) is 5.10. The molecule has 0 aliphatic carbocycles. The van der Waals surface area contributed by atoms with Crippen molar-refractivity contribution in [1.29, 1.82) is 0 Å². The zero-order chi connectivity index (χ0) is 20.6. The van der Waals surface area contributed by atoms with Gasteiger partial charge in [0.05, 0.1) is 25.1 Å². The molecular formula is C23H26N2O4. The van der Waals surface area contributed by atoms with Gasteiger partial charge < -0.3 is 19.2 Å². The Bertz CT molecular complexity index is 935. The average Bonchev–Trinajstić information content (AvgIpc) is 3.18. The summed E-state index contributed by atoms with van der Waals surface area (Å²) in [6.45, 7) is 3.88. The lowest BCUT2D eigenvalue weighted by Gasteiger charge is -2.16. The number of ether oxygens (including phenoxy) is 2. The van der Waals surface area contributed by atoms with Crippen molar-refractivity contribution in [3.8, 4) is 22.8 Å². The Morgan fingerprint density at radius 1 is 1.17 bits per heavy atom. The summed E-state index contributed by atoms with van der Waals surface area (Å²) >= 11 is 0. The van der Waals surface area contributed by atoms with Crippen molar-refractivity contribution in [2.24, 2.45) is 0 Å². The Hall–Kier alpha value is -3.28. The molecule has 0 fully saturated rings. The van der Waals surface area contributed by atoms with Crippen molar-refractivity contribution in [3.05, 3.63) is 60.6 Å².